The number of H-pyrrole nitrogens is 1. The molecule has 1 aliphatic heterocycles. The summed E-state index contributed by atoms with van der Waals surface area (Å²) in [7, 11) is 1.62. The van der Waals surface area contributed by atoms with Gasteiger partial charge in [-0.3, -0.25) is 9.59 Å². The van der Waals surface area contributed by atoms with E-state index in [0.717, 1.165) is 12.0 Å². The molecule has 0 spiro atoms. The maximum absolute atomic E-state index is 12.4. The molecule has 6 nitrogen and oxygen atoms in total. The highest BCUT2D eigenvalue weighted by Crippen LogP contribution is 2.18. The van der Waals surface area contributed by atoms with Gasteiger partial charge in [-0.15, -0.1) is 0 Å². The quantitative estimate of drug-likeness (QED) is 0.931. The third kappa shape index (κ3) is 3.28. The van der Waals surface area contributed by atoms with Crippen molar-refractivity contribution in [2.24, 2.45) is 0 Å². The van der Waals surface area contributed by atoms with E-state index in [9.17, 15) is 9.59 Å². The molecule has 1 aromatic heterocycles. The number of aromatic nitrogens is 2. The van der Waals surface area contributed by atoms with Gasteiger partial charge in [0.15, 0.2) is 0 Å². The van der Waals surface area contributed by atoms with Gasteiger partial charge in [0.25, 0.3) is 11.5 Å². The minimum absolute atomic E-state index is 0.0272. The van der Waals surface area contributed by atoms with Crippen molar-refractivity contribution in [1.29, 1.82) is 0 Å². The number of nitrogens with zero attached hydrogens (tertiary/aromatic N) is 2. The molecule has 0 bridgehead atoms. The molecule has 7 heteroatoms. The number of carbonyl (C=O) groups excluding carboxylic acids is 1. The molecule has 0 radical (unpaired) electrons. The van der Waals surface area contributed by atoms with E-state index in [1.165, 1.54) is 6.20 Å². The first kappa shape index (κ1) is 15.7. The number of amides is 1. The van der Waals surface area contributed by atoms with Crippen LogP contribution in [0.1, 0.15) is 16.8 Å². The smallest absolute Gasteiger partial charge is 0.264 e. The van der Waals surface area contributed by atoms with Crippen molar-refractivity contribution in [1.82, 2.24) is 14.9 Å². The van der Waals surface area contributed by atoms with Crippen LogP contribution >= 0.6 is 11.6 Å². The fraction of sp³-hybridized carbons (Fsp3) is 0.312. The molecule has 1 atom stereocenters. The molecule has 1 fully saturated rings. The Morgan fingerprint density at radius 3 is 2.74 bits per heavy atom. The molecule has 120 valence electrons. The van der Waals surface area contributed by atoms with Gasteiger partial charge in [-0.05, 0) is 30.7 Å². The lowest BCUT2D eigenvalue weighted by molar-refractivity contribution is 0.0722. The van der Waals surface area contributed by atoms with Crippen LogP contribution in [0.25, 0.3) is 11.4 Å². The topological polar surface area (TPSA) is 75.3 Å². The molecule has 1 N–H and O–H groups in total. The Morgan fingerprint density at radius 2 is 2.13 bits per heavy atom. The van der Waals surface area contributed by atoms with Crippen LogP contribution in [-0.2, 0) is 4.74 Å². The van der Waals surface area contributed by atoms with Crippen LogP contribution in [0.5, 0.6) is 0 Å². The zero-order chi connectivity index (χ0) is 16.4. The molecule has 1 unspecified atom stereocenters. The average molecular weight is 334 g/mol. The summed E-state index contributed by atoms with van der Waals surface area (Å²) in [5.74, 6) is 0.0837. The second-order valence-corrected chi connectivity index (χ2v) is 5.82. The number of hydrogen-bond acceptors (Lipinski definition) is 4. The highest BCUT2D eigenvalue weighted by Gasteiger charge is 2.28. The second-order valence-electron chi connectivity index (χ2n) is 5.38. The Morgan fingerprint density at radius 1 is 1.39 bits per heavy atom. The van der Waals surface area contributed by atoms with Crippen LogP contribution in [0.2, 0.25) is 5.02 Å². The van der Waals surface area contributed by atoms with Crippen molar-refractivity contribution in [2.75, 3.05) is 20.2 Å². The van der Waals surface area contributed by atoms with Crippen LogP contribution < -0.4 is 5.56 Å². The number of hydrogen-bond donors (Lipinski definition) is 1. The van der Waals surface area contributed by atoms with Gasteiger partial charge in [0.05, 0.1) is 6.10 Å². The van der Waals surface area contributed by atoms with Gasteiger partial charge in [-0.2, -0.15) is 0 Å². The molecule has 3 rings (SSSR count). The molecule has 2 heterocycles. The normalized spacial score (nSPS) is 17.5. The van der Waals surface area contributed by atoms with Gasteiger partial charge in [0.2, 0.25) is 0 Å². The van der Waals surface area contributed by atoms with Crippen molar-refractivity contribution >= 4 is 17.5 Å². The predicted octanol–water partition coefficient (Wildman–Crippen LogP) is 1.95. The van der Waals surface area contributed by atoms with E-state index in [0.29, 0.717) is 23.9 Å². The molecule has 1 aliphatic rings. The number of aromatic amines is 1. The number of rotatable bonds is 3. The second kappa shape index (κ2) is 6.52. The molecular formula is C16H16ClN3O3. The summed E-state index contributed by atoms with van der Waals surface area (Å²) >= 11 is 5.84. The van der Waals surface area contributed by atoms with Gasteiger partial charge < -0.3 is 14.6 Å². The fourth-order valence-electron chi connectivity index (χ4n) is 2.58. The van der Waals surface area contributed by atoms with Crippen LogP contribution in [0.15, 0.2) is 35.3 Å². The van der Waals surface area contributed by atoms with Crippen LogP contribution in [0.3, 0.4) is 0 Å². The Bertz CT molecular complexity index is 773. The summed E-state index contributed by atoms with van der Waals surface area (Å²) in [6.45, 7) is 1.07. The largest absolute Gasteiger partial charge is 0.380 e. The Hall–Kier alpha value is -2.18. The van der Waals surface area contributed by atoms with Crippen molar-refractivity contribution in [3.05, 3.63) is 51.4 Å². The Balaban J connectivity index is 1.84. The van der Waals surface area contributed by atoms with Crippen LogP contribution in [-0.4, -0.2) is 47.1 Å². The van der Waals surface area contributed by atoms with Crippen molar-refractivity contribution in [3.8, 4) is 11.4 Å². The summed E-state index contributed by atoms with van der Waals surface area (Å²) < 4.78 is 5.24. The van der Waals surface area contributed by atoms with E-state index in [1.54, 1.807) is 36.3 Å². The molecule has 23 heavy (non-hydrogen) atoms. The monoisotopic (exact) mass is 333 g/mol. The average Bonchev–Trinajstić information content (AvgIpc) is 3.04. The number of nitrogens with one attached hydrogen (secondary N) is 1. The molecule has 1 amide bonds. The van der Waals surface area contributed by atoms with E-state index >= 15 is 0 Å². The van der Waals surface area contributed by atoms with Gasteiger partial charge in [-0.1, -0.05) is 11.6 Å². The minimum atomic E-state index is -0.448. The standard InChI is InChI=1S/C16H16ClN3O3/c1-23-12-6-7-20(9-12)16(22)13-8-18-14(19-15(13)21)10-2-4-11(17)5-3-10/h2-5,8,12H,6-7,9H2,1H3,(H,18,19,21). The van der Waals surface area contributed by atoms with Crippen LogP contribution in [0, 0.1) is 0 Å². The highest BCUT2D eigenvalue weighted by molar-refractivity contribution is 6.30. The van der Waals surface area contributed by atoms with Gasteiger partial charge in [-0.25, -0.2) is 4.98 Å². The highest BCUT2D eigenvalue weighted by atomic mass is 35.5. The lowest BCUT2D eigenvalue weighted by Gasteiger charge is -2.15. The number of benzene rings is 1. The van der Waals surface area contributed by atoms with E-state index in [1.807, 2.05) is 0 Å². The van der Waals surface area contributed by atoms with Crippen molar-refractivity contribution < 1.29 is 9.53 Å². The molecule has 2 aromatic rings. The number of ether oxygens (including phenoxy) is 1. The maximum Gasteiger partial charge on any atom is 0.264 e. The number of likely N-dealkylation sites (tertiary alicyclic amines) is 1. The first-order chi connectivity index (χ1) is 11.1. The van der Waals surface area contributed by atoms with Crippen LogP contribution in [0.4, 0.5) is 0 Å². The molecular weight excluding hydrogens is 318 g/mol. The molecule has 0 aliphatic carbocycles. The third-order valence-electron chi connectivity index (χ3n) is 3.91. The van der Waals surface area contributed by atoms with E-state index < -0.39 is 5.56 Å². The lowest BCUT2D eigenvalue weighted by atomic mass is 10.2. The van der Waals surface area contributed by atoms with Gasteiger partial charge >= 0.3 is 0 Å². The van der Waals surface area contributed by atoms with Crippen molar-refractivity contribution in [3.63, 3.8) is 0 Å². The maximum atomic E-state index is 12.4. The minimum Gasteiger partial charge on any atom is -0.380 e. The zero-order valence-corrected chi connectivity index (χ0v) is 13.3. The first-order valence-corrected chi connectivity index (χ1v) is 7.63. The summed E-state index contributed by atoms with van der Waals surface area (Å²) in [5, 5.41) is 0.602. The van der Waals surface area contributed by atoms with Crippen molar-refractivity contribution in [2.45, 2.75) is 12.5 Å². The number of halogens is 1. The van der Waals surface area contributed by atoms with E-state index in [-0.39, 0.29) is 17.6 Å². The predicted molar refractivity (Wildman–Crippen MR) is 86.6 cm³/mol. The summed E-state index contributed by atoms with van der Waals surface area (Å²) in [4.78, 5) is 33.1. The van der Waals surface area contributed by atoms with E-state index in [2.05, 4.69) is 9.97 Å². The third-order valence-corrected chi connectivity index (χ3v) is 4.16. The van der Waals surface area contributed by atoms with Gasteiger partial charge in [0.1, 0.15) is 11.4 Å². The SMILES string of the molecule is COC1CCN(C(=O)c2cnc(-c3ccc(Cl)cc3)[nH]c2=O)C1. The zero-order valence-electron chi connectivity index (χ0n) is 12.6. The van der Waals surface area contributed by atoms with Gasteiger partial charge in [0, 0.05) is 37.0 Å². The lowest BCUT2D eigenvalue weighted by Crippen LogP contribution is -2.34. The Labute approximate surface area is 138 Å². The number of methoxy groups -OCH3 is 1. The Kier molecular flexibility index (Phi) is 4.45. The van der Waals surface area contributed by atoms with E-state index in [4.69, 9.17) is 16.3 Å². The fourth-order valence-corrected chi connectivity index (χ4v) is 2.70. The molecule has 0 saturated carbocycles. The summed E-state index contributed by atoms with van der Waals surface area (Å²) in [5.41, 5.74) is 0.321. The molecule has 1 aromatic carbocycles. The molecule has 1 saturated heterocycles. The first-order valence-electron chi connectivity index (χ1n) is 7.26. The summed E-state index contributed by atoms with van der Waals surface area (Å²) in [6.07, 6.45) is 2.13. The number of carbonyl (C=O) groups is 1. The summed E-state index contributed by atoms with van der Waals surface area (Å²) in [6, 6.07) is 6.94.